The molecule has 0 saturated carbocycles. The molecule has 1 amide bonds. The molecule has 1 heterocycles. The topological polar surface area (TPSA) is 93.6 Å². The maximum atomic E-state index is 13.3. The van der Waals surface area contributed by atoms with E-state index in [1.54, 1.807) is 48.5 Å². The van der Waals surface area contributed by atoms with Gasteiger partial charge < -0.3 is 10.2 Å². The fourth-order valence-electron chi connectivity index (χ4n) is 3.81. The number of benzene rings is 3. The summed E-state index contributed by atoms with van der Waals surface area (Å²) in [6.45, 7) is 0. The van der Waals surface area contributed by atoms with Crippen LogP contribution >= 0.6 is 0 Å². The van der Waals surface area contributed by atoms with Gasteiger partial charge >= 0.3 is 0 Å². The van der Waals surface area contributed by atoms with Crippen LogP contribution in [0.25, 0.3) is 22.1 Å². The highest BCUT2D eigenvalue weighted by Crippen LogP contribution is 2.39. The number of primary amides is 1. The Hall–Kier alpha value is -4.09. The summed E-state index contributed by atoms with van der Waals surface area (Å²) in [4.78, 5) is 12.4. The highest BCUT2D eigenvalue weighted by atomic mass is 32.2. The molecular formula is C26H21FN2O4S. The van der Waals surface area contributed by atoms with Crippen LogP contribution in [0.1, 0.15) is 27.2 Å². The van der Waals surface area contributed by atoms with Crippen molar-refractivity contribution in [3.05, 3.63) is 88.9 Å². The zero-order valence-electron chi connectivity index (χ0n) is 18.5. The first-order valence-electron chi connectivity index (χ1n) is 10.2. The number of hydrogen-bond acceptors (Lipinski definition) is 4. The van der Waals surface area contributed by atoms with Gasteiger partial charge in [-0.3, -0.25) is 9.10 Å². The van der Waals surface area contributed by atoms with E-state index in [1.165, 1.54) is 19.2 Å². The lowest BCUT2D eigenvalue weighted by atomic mass is 9.97. The number of fused-ring (bicyclic) bond motifs is 1. The van der Waals surface area contributed by atoms with Crippen molar-refractivity contribution in [3.8, 4) is 23.5 Å². The molecule has 172 valence electrons. The maximum Gasteiger partial charge on any atom is 0.252 e. The number of furan rings is 1. The van der Waals surface area contributed by atoms with Crippen LogP contribution in [0.4, 0.5) is 10.1 Å². The van der Waals surface area contributed by atoms with E-state index in [9.17, 15) is 17.6 Å². The molecule has 0 spiro atoms. The van der Waals surface area contributed by atoms with Crippen molar-refractivity contribution >= 4 is 32.6 Å². The third kappa shape index (κ3) is 4.38. The lowest BCUT2D eigenvalue weighted by Gasteiger charge is -2.20. The predicted molar refractivity (Wildman–Crippen MR) is 131 cm³/mol. The first-order valence-corrected chi connectivity index (χ1v) is 12.1. The number of carbonyl (C=O) groups excluding carboxylic acids is 1. The fraction of sp³-hybridized carbons (Fsp3) is 0.115. The Morgan fingerprint density at radius 1 is 1.15 bits per heavy atom. The molecule has 4 aromatic rings. The fourth-order valence-corrected chi connectivity index (χ4v) is 4.32. The summed E-state index contributed by atoms with van der Waals surface area (Å²) in [6.07, 6.45) is 6.84. The number of hydrogen-bond donors (Lipinski definition) is 1. The first-order chi connectivity index (χ1) is 16.1. The van der Waals surface area contributed by atoms with Gasteiger partial charge in [0.1, 0.15) is 17.2 Å². The Morgan fingerprint density at radius 3 is 2.47 bits per heavy atom. The second-order valence-corrected chi connectivity index (χ2v) is 9.90. The van der Waals surface area contributed by atoms with Gasteiger partial charge in [0.2, 0.25) is 10.0 Å². The summed E-state index contributed by atoms with van der Waals surface area (Å²) in [5.41, 5.74) is 9.08. The van der Waals surface area contributed by atoms with E-state index in [2.05, 4.69) is 5.92 Å². The van der Waals surface area contributed by atoms with Gasteiger partial charge in [0.15, 0.2) is 0 Å². The lowest BCUT2D eigenvalue weighted by Crippen LogP contribution is -2.25. The second-order valence-electron chi connectivity index (χ2n) is 7.89. The van der Waals surface area contributed by atoms with Gasteiger partial charge in [-0.1, -0.05) is 30.2 Å². The molecule has 4 rings (SSSR count). The predicted octanol–water partition coefficient (Wildman–Crippen LogP) is 4.31. The van der Waals surface area contributed by atoms with Gasteiger partial charge in [-0.2, -0.15) is 0 Å². The quantitative estimate of drug-likeness (QED) is 0.420. The van der Waals surface area contributed by atoms with Gasteiger partial charge in [-0.25, -0.2) is 12.8 Å². The standard InChI is InChI=1S/C26H21FN2O4S/c1-4-16-6-5-7-18(12-16)20-14-21-23(15-22(20)29(2)34(3,31)32)33-24(25(21)26(28)30)13-17-8-10-19(27)11-9-17/h1,5-12,14-15H,13H2,2-3H3,(H2,28,30). The molecule has 0 radical (unpaired) electrons. The maximum absolute atomic E-state index is 13.3. The largest absolute Gasteiger partial charge is 0.460 e. The van der Waals surface area contributed by atoms with Gasteiger partial charge in [-0.05, 0) is 41.5 Å². The van der Waals surface area contributed by atoms with E-state index in [0.29, 0.717) is 39.1 Å². The molecule has 1 aromatic heterocycles. The van der Waals surface area contributed by atoms with Crippen LogP contribution in [0, 0.1) is 18.2 Å². The number of carbonyl (C=O) groups is 1. The molecule has 0 aliphatic heterocycles. The van der Waals surface area contributed by atoms with Crippen molar-refractivity contribution in [1.82, 2.24) is 0 Å². The van der Waals surface area contributed by atoms with Crippen LogP contribution in [0.5, 0.6) is 0 Å². The van der Waals surface area contributed by atoms with Crippen molar-refractivity contribution in [2.24, 2.45) is 5.73 Å². The van der Waals surface area contributed by atoms with Gasteiger partial charge in [0.25, 0.3) is 5.91 Å². The smallest absolute Gasteiger partial charge is 0.252 e. The minimum absolute atomic E-state index is 0.183. The molecule has 3 aromatic carbocycles. The zero-order chi connectivity index (χ0) is 24.6. The Bertz CT molecular complexity index is 1570. The van der Waals surface area contributed by atoms with E-state index < -0.39 is 15.9 Å². The highest BCUT2D eigenvalue weighted by molar-refractivity contribution is 7.92. The number of nitrogens with zero attached hydrogens (tertiary/aromatic N) is 1. The molecule has 8 heteroatoms. The Morgan fingerprint density at radius 2 is 1.85 bits per heavy atom. The van der Waals surface area contributed by atoms with Crippen molar-refractivity contribution in [2.45, 2.75) is 6.42 Å². The average molecular weight is 477 g/mol. The molecule has 6 nitrogen and oxygen atoms in total. The molecule has 34 heavy (non-hydrogen) atoms. The third-order valence-corrected chi connectivity index (χ3v) is 6.77. The van der Waals surface area contributed by atoms with Crippen LogP contribution in [0.3, 0.4) is 0 Å². The molecule has 0 atom stereocenters. The van der Waals surface area contributed by atoms with Crippen LogP contribution in [0.2, 0.25) is 0 Å². The van der Waals surface area contributed by atoms with Crippen LogP contribution < -0.4 is 10.0 Å². The second kappa shape index (κ2) is 8.69. The lowest BCUT2D eigenvalue weighted by molar-refractivity contribution is 0.1000. The molecule has 0 bridgehead atoms. The number of amides is 1. The third-order valence-electron chi connectivity index (χ3n) is 5.58. The van der Waals surface area contributed by atoms with E-state index in [-0.39, 0.29) is 17.8 Å². The van der Waals surface area contributed by atoms with Crippen molar-refractivity contribution in [2.75, 3.05) is 17.6 Å². The van der Waals surface area contributed by atoms with Crippen LogP contribution in [-0.4, -0.2) is 27.6 Å². The first kappa shape index (κ1) is 23.1. The van der Waals surface area contributed by atoms with Crippen molar-refractivity contribution < 1.29 is 22.0 Å². The number of anilines is 1. The minimum atomic E-state index is -3.62. The van der Waals surface area contributed by atoms with Gasteiger partial charge in [0.05, 0.1) is 17.5 Å². The van der Waals surface area contributed by atoms with Gasteiger partial charge in [0, 0.05) is 36.0 Å². The number of sulfonamides is 1. The zero-order valence-corrected chi connectivity index (χ0v) is 19.3. The summed E-state index contributed by atoms with van der Waals surface area (Å²) in [6, 6.07) is 16.1. The summed E-state index contributed by atoms with van der Waals surface area (Å²) >= 11 is 0. The summed E-state index contributed by atoms with van der Waals surface area (Å²) in [7, 11) is -2.19. The van der Waals surface area contributed by atoms with E-state index >= 15 is 0 Å². The molecule has 0 aliphatic carbocycles. The number of rotatable bonds is 6. The van der Waals surface area contributed by atoms with E-state index in [0.717, 1.165) is 16.1 Å². The summed E-state index contributed by atoms with van der Waals surface area (Å²) in [5.74, 6) is 1.80. The molecule has 2 N–H and O–H groups in total. The van der Waals surface area contributed by atoms with E-state index in [4.69, 9.17) is 16.6 Å². The van der Waals surface area contributed by atoms with Crippen molar-refractivity contribution in [1.29, 1.82) is 0 Å². The summed E-state index contributed by atoms with van der Waals surface area (Å²) < 4.78 is 45.2. The number of terminal acetylenes is 1. The average Bonchev–Trinajstić information content (AvgIpc) is 3.15. The molecule has 0 aliphatic rings. The Kier molecular flexibility index (Phi) is 5.90. The number of halogens is 1. The van der Waals surface area contributed by atoms with Crippen molar-refractivity contribution in [3.63, 3.8) is 0 Å². The van der Waals surface area contributed by atoms with Gasteiger partial charge in [-0.15, -0.1) is 6.42 Å². The SMILES string of the molecule is C#Cc1cccc(-c2cc3c(C(N)=O)c(Cc4ccc(F)cc4)oc3cc2N(C)S(C)(=O)=O)c1. The molecule has 0 saturated heterocycles. The van der Waals surface area contributed by atoms with E-state index in [1.807, 2.05) is 0 Å². The molecular weight excluding hydrogens is 455 g/mol. The Labute approximate surface area is 196 Å². The summed E-state index contributed by atoms with van der Waals surface area (Å²) in [5, 5.41) is 0.441. The normalized spacial score (nSPS) is 11.4. The van der Waals surface area contributed by atoms with Crippen LogP contribution in [-0.2, 0) is 16.4 Å². The molecule has 0 unspecified atom stereocenters. The van der Waals surface area contributed by atoms with Crippen LogP contribution in [0.15, 0.2) is 65.1 Å². The molecule has 0 fully saturated rings. The number of nitrogens with two attached hydrogens (primary N) is 1. The Balaban J connectivity index is 1.99. The highest BCUT2D eigenvalue weighted by Gasteiger charge is 2.24. The minimum Gasteiger partial charge on any atom is -0.460 e. The monoisotopic (exact) mass is 476 g/mol.